The molecule has 22 heavy (non-hydrogen) atoms. The molecule has 1 fully saturated rings. The number of carbonyl (C=O) groups is 1. The van der Waals surface area contributed by atoms with Gasteiger partial charge in [-0.1, -0.05) is 0 Å². The van der Waals surface area contributed by atoms with Crippen molar-refractivity contribution >= 4 is 17.6 Å². The van der Waals surface area contributed by atoms with Gasteiger partial charge in [0.25, 0.3) is 0 Å². The molecule has 6 heteroatoms. The number of nitrogen functional groups attached to an aromatic ring is 1. The van der Waals surface area contributed by atoms with Gasteiger partial charge in [-0.2, -0.15) is 0 Å². The molecule has 2 rings (SSSR count). The summed E-state index contributed by atoms with van der Waals surface area (Å²) in [6.07, 6.45) is 2.32. The molecule has 0 saturated carbocycles. The highest BCUT2D eigenvalue weighted by Gasteiger charge is 2.31. The number of rotatable bonds is 2. The minimum absolute atomic E-state index is 0.134. The number of nitrogens with zero attached hydrogens (tertiary/aromatic N) is 3. The van der Waals surface area contributed by atoms with E-state index in [-0.39, 0.29) is 12.1 Å². The average molecular weight is 306 g/mol. The summed E-state index contributed by atoms with van der Waals surface area (Å²) in [5, 5.41) is 0. The molecule has 1 aliphatic rings. The Hall–Kier alpha value is -1.98. The number of aryl methyl sites for hydroxylation is 1. The van der Waals surface area contributed by atoms with Gasteiger partial charge in [0.05, 0.1) is 17.9 Å². The quantitative estimate of drug-likeness (QED) is 0.908. The van der Waals surface area contributed by atoms with Crippen molar-refractivity contribution in [2.24, 2.45) is 0 Å². The van der Waals surface area contributed by atoms with Crippen LogP contribution in [0.5, 0.6) is 0 Å². The van der Waals surface area contributed by atoms with Crippen molar-refractivity contribution in [2.45, 2.75) is 45.8 Å². The van der Waals surface area contributed by atoms with Crippen LogP contribution >= 0.6 is 0 Å². The van der Waals surface area contributed by atoms with Crippen LogP contribution in [0.25, 0.3) is 0 Å². The number of anilines is 2. The molecule has 1 aromatic heterocycles. The normalized spacial score (nSPS) is 18.4. The highest BCUT2D eigenvalue weighted by atomic mass is 16.6. The van der Waals surface area contributed by atoms with Gasteiger partial charge in [0.1, 0.15) is 11.4 Å². The van der Waals surface area contributed by atoms with Gasteiger partial charge < -0.3 is 20.3 Å². The summed E-state index contributed by atoms with van der Waals surface area (Å²) in [5.41, 5.74) is 7.06. The first-order valence-electron chi connectivity index (χ1n) is 7.60. The van der Waals surface area contributed by atoms with E-state index in [0.29, 0.717) is 5.69 Å². The Morgan fingerprint density at radius 1 is 1.50 bits per heavy atom. The van der Waals surface area contributed by atoms with Gasteiger partial charge in [0.15, 0.2) is 0 Å². The highest BCUT2D eigenvalue weighted by Crippen LogP contribution is 2.24. The topological polar surface area (TPSA) is 71.7 Å². The van der Waals surface area contributed by atoms with Gasteiger partial charge in [-0.25, -0.2) is 9.78 Å². The number of aromatic nitrogens is 1. The fraction of sp³-hybridized carbons (Fsp3) is 0.625. The lowest BCUT2D eigenvalue weighted by Gasteiger charge is -2.28. The molecule has 6 nitrogen and oxygen atoms in total. The third-order valence-electron chi connectivity index (χ3n) is 3.85. The number of carbonyl (C=O) groups excluding carboxylic acids is 1. The van der Waals surface area contributed by atoms with Crippen molar-refractivity contribution in [3.63, 3.8) is 0 Å². The summed E-state index contributed by atoms with van der Waals surface area (Å²) in [7, 11) is 1.80. The molecule has 2 N–H and O–H groups in total. The summed E-state index contributed by atoms with van der Waals surface area (Å²) < 4.78 is 5.42. The summed E-state index contributed by atoms with van der Waals surface area (Å²) in [6.45, 7) is 9.23. The maximum absolute atomic E-state index is 12.1. The predicted octanol–water partition coefficient (Wildman–Crippen LogP) is 2.42. The Bertz CT molecular complexity index is 554. The van der Waals surface area contributed by atoms with E-state index in [1.165, 1.54) is 0 Å². The van der Waals surface area contributed by atoms with Crippen molar-refractivity contribution in [2.75, 3.05) is 30.8 Å². The second kappa shape index (κ2) is 6.02. The minimum atomic E-state index is -0.473. The SMILES string of the molecule is Cc1cc(N2CC[C@H](N(C)C(=O)OC(C)(C)C)C2)ncc1N. The molecule has 1 saturated heterocycles. The zero-order valence-electron chi connectivity index (χ0n) is 14.1. The molecule has 1 amide bonds. The number of likely N-dealkylation sites (N-methyl/N-ethyl adjacent to an activating group) is 1. The van der Waals surface area contributed by atoms with E-state index in [2.05, 4.69) is 9.88 Å². The van der Waals surface area contributed by atoms with Crippen molar-refractivity contribution in [3.8, 4) is 0 Å². The number of nitrogens with two attached hydrogens (primary N) is 1. The lowest BCUT2D eigenvalue weighted by Crippen LogP contribution is -2.42. The van der Waals surface area contributed by atoms with Gasteiger partial charge in [-0.15, -0.1) is 0 Å². The first kappa shape index (κ1) is 16.4. The Morgan fingerprint density at radius 3 is 2.77 bits per heavy atom. The monoisotopic (exact) mass is 306 g/mol. The van der Waals surface area contributed by atoms with Crippen LogP contribution in [0.2, 0.25) is 0 Å². The standard InChI is InChI=1S/C16H26N4O2/c1-11-8-14(18-9-13(11)17)20-7-6-12(10-20)19(5)15(21)22-16(2,3)4/h8-9,12H,6-7,10,17H2,1-5H3/t12-/m0/s1. The lowest BCUT2D eigenvalue weighted by molar-refractivity contribution is 0.0238. The van der Waals surface area contributed by atoms with E-state index >= 15 is 0 Å². The van der Waals surface area contributed by atoms with Gasteiger partial charge >= 0.3 is 6.09 Å². The molecule has 1 aliphatic heterocycles. The molecule has 1 aromatic rings. The van der Waals surface area contributed by atoms with Crippen LogP contribution in [0, 0.1) is 6.92 Å². The van der Waals surface area contributed by atoms with Crippen LogP contribution in [-0.4, -0.2) is 47.8 Å². The van der Waals surface area contributed by atoms with Crippen LogP contribution in [0.15, 0.2) is 12.3 Å². The third-order valence-corrected chi connectivity index (χ3v) is 3.85. The molecular formula is C16H26N4O2. The largest absolute Gasteiger partial charge is 0.444 e. The Kier molecular flexibility index (Phi) is 4.49. The molecule has 0 bridgehead atoms. The van der Waals surface area contributed by atoms with Crippen LogP contribution in [0.1, 0.15) is 32.8 Å². The average Bonchev–Trinajstić information content (AvgIpc) is 2.88. The third kappa shape index (κ3) is 3.81. The maximum Gasteiger partial charge on any atom is 0.410 e. The number of hydrogen-bond donors (Lipinski definition) is 1. The van der Waals surface area contributed by atoms with Crippen LogP contribution in [0.3, 0.4) is 0 Å². The molecule has 0 aliphatic carbocycles. The summed E-state index contributed by atoms with van der Waals surface area (Å²) in [5.74, 6) is 0.909. The van der Waals surface area contributed by atoms with Gasteiger partial charge in [-0.05, 0) is 45.7 Å². The first-order valence-corrected chi connectivity index (χ1v) is 7.60. The number of hydrogen-bond acceptors (Lipinski definition) is 5. The summed E-state index contributed by atoms with van der Waals surface area (Å²) in [6, 6.07) is 2.13. The van der Waals surface area contributed by atoms with Crippen molar-refractivity contribution < 1.29 is 9.53 Å². The van der Waals surface area contributed by atoms with Crippen molar-refractivity contribution in [3.05, 3.63) is 17.8 Å². The van der Waals surface area contributed by atoms with E-state index in [1.807, 2.05) is 33.8 Å². The molecule has 1 atom stereocenters. The maximum atomic E-state index is 12.1. The summed E-state index contributed by atoms with van der Waals surface area (Å²) >= 11 is 0. The molecule has 0 unspecified atom stereocenters. The number of ether oxygens (including phenoxy) is 1. The fourth-order valence-corrected chi connectivity index (χ4v) is 2.47. The number of pyridine rings is 1. The number of amides is 1. The van der Waals surface area contributed by atoms with E-state index in [9.17, 15) is 4.79 Å². The van der Waals surface area contributed by atoms with Gasteiger partial charge in [0, 0.05) is 20.1 Å². The van der Waals surface area contributed by atoms with Crippen molar-refractivity contribution in [1.29, 1.82) is 0 Å². The summed E-state index contributed by atoms with van der Waals surface area (Å²) in [4.78, 5) is 20.4. The molecule has 2 heterocycles. The minimum Gasteiger partial charge on any atom is -0.444 e. The van der Waals surface area contributed by atoms with Gasteiger partial charge in [0.2, 0.25) is 0 Å². The highest BCUT2D eigenvalue weighted by molar-refractivity contribution is 5.68. The Morgan fingerprint density at radius 2 is 2.18 bits per heavy atom. The van der Waals surface area contributed by atoms with Crippen LogP contribution < -0.4 is 10.6 Å². The smallest absolute Gasteiger partial charge is 0.410 e. The van der Waals surface area contributed by atoms with E-state index in [0.717, 1.165) is 30.9 Å². The van der Waals surface area contributed by atoms with Crippen LogP contribution in [0.4, 0.5) is 16.3 Å². The van der Waals surface area contributed by atoms with Crippen molar-refractivity contribution in [1.82, 2.24) is 9.88 Å². The van der Waals surface area contributed by atoms with E-state index in [4.69, 9.17) is 10.5 Å². The molecule has 122 valence electrons. The van der Waals surface area contributed by atoms with Gasteiger partial charge in [-0.3, -0.25) is 0 Å². The molecule has 0 spiro atoms. The fourth-order valence-electron chi connectivity index (χ4n) is 2.47. The predicted molar refractivity (Wildman–Crippen MR) is 88.0 cm³/mol. The molecular weight excluding hydrogens is 280 g/mol. The van der Waals surface area contributed by atoms with E-state index in [1.54, 1.807) is 18.1 Å². The second-order valence-electron chi connectivity index (χ2n) is 6.88. The molecule has 0 aromatic carbocycles. The Balaban J connectivity index is 2.00. The zero-order chi connectivity index (χ0) is 16.5. The van der Waals surface area contributed by atoms with E-state index < -0.39 is 5.60 Å². The Labute approximate surface area is 132 Å². The lowest BCUT2D eigenvalue weighted by atomic mass is 10.2. The second-order valence-corrected chi connectivity index (χ2v) is 6.88. The van der Waals surface area contributed by atoms with Crippen LogP contribution in [-0.2, 0) is 4.74 Å². The first-order chi connectivity index (χ1) is 10.2. The zero-order valence-corrected chi connectivity index (χ0v) is 14.1. The molecule has 0 radical (unpaired) electrons.